The number of alkyl halides is 3. The molecule has 2 aromatic carbocycles. The van der Waals surface area contributed by atoms with Crippen LogP contribution in [0.5, 0.6) is 11.6 Å². The number of anilines is 2. The Bertz CT molecular complexity index is 964. The van der Waals surface area contributed by atoms with Gasteiger partial charge in [0.2, 0.25) is 11.8 Å². The fraction of sp³-hybridized carbons (Fsp3) is 0.333. The highest BCUT2D eigenvalue weighted by molar-refractivity contribution is 5.55. The first kappa shape index (κ1) is 23.4. The number of hydrogen-bond donors (Lipinski definition) is 1. The largest absolute Gasteiger partial charge is 0.494 e. The normalized spacial score (nSPS) is 11.2. The lowest BCUT2D eigenvalue weighted by molar-refractivity contribution is -0.139. The molecule has 0 saturated heterocycles. The van der Waals surface area contributed by atoms with E-state index in [1.54, 1.807) is 48.5 Å². The molecule has 0 aliphatic rings. The first-order valence-corrected chi connectivity index (χ1v) is 10.6. The van der Waals surface area contributed by atoms with E-state index in [0.29, 0.717) is 12.3 Å². The first-order chi connectivity index (χ1) is 15.5. The lowest BCUT2D eigenvalue weighted by Crippen LogP contribution is -2.12. The highest BCUT2D eigenvalue weighted by Gasteiger charge is 2.36. The average molecular weight is 445 g/mol. The summed E-state index contributed by atoms with van der Waals surface area (Å²) in [5.41, 5.74) is 0.335. The topological polar surface area (TPSA) is 56.3 Å². The number of unbranched alkanes of at least 4 members (excludes halogenated alkanes) is 3. The van der Waals surface area contributed by atoms with E-state index < -0.39 is 17.6 Å². The van der Waals surface area contributed by atoms with E-state index >= 15 is 0 Å². The number of halogens is 3. The van der Waals surface area contributed by atoms with Crippen LogP contribution in [0.15, 0.2) is 60.8 Å². The molecular formula is C24H26F3N3O2. The molecule has 0 fully saturated rings. The van der Waals surface area contributed by atoms with Gasteiger partial charge >= 0.3 is 6.18 Å². The Morgan fingerprint density at radius 1 is 0.906 bits per heavy atom. The molecule has 1 heterocycles. The smallest absolute Gasteiger partial charge is 0.423 e. The van der Waals surface area contributed by atoms with Gasteiger partial charge in [0, 0.05) is 11.9 Å². The van der Waals surface area contributed by atoms with Crippen LogP contribution in [0.3, 0.4) is 0 Å². The van der Waals surface area contributed by atoms with Crippen molar-refractivity contribution in [2.75, 3.05) is 11.9 Å². The SMILES string of the molecule is CCCCCCOc1ccc(Nc2ncc(C(F)(F)F)c(OCc3ccccc3)n2)cc1. The van der Waals surface area contributed by atoms with Crippen LogP contribution in [0.25, 0.3) is 0 Å². The van der Waals surface area contributed by atoms with Crippen LogP contribution in [0.2, 0.25) is 0 Å². The van der Waals surface area contributed by atoms with Gasteiger partial charge < -0.3 is 14.8 Å². The van der Waals surface area contributed by atoms with Crippen molar-refractivity contribution in [3.8, 4) is 11.6 Å². The minimum absolute atomic E-state index is 0.00861. The van der Waals surface area contributed by atoms with Crippen LogP contribution < -0.4 is 14.8 Å². The molecule has 0 aliphatic carbocycles. The summed E-state index contributed by atoms with van der Waals surface area (Å²) in [6, 6.07) is 16.0. The third kappa shape index (κ3) is 7.14. The number of benzene rings is 2. The van der Waals surface area contributed by atoms with Crippen LogP contribution in [-0.4, -0.2) is 16.6 Å². The summed E-state index contributed by atoms with van der Waals surface area (Å²) in [4.78, 5) is 7.76. The molecule has 3 rings (SSSR count). The fourth-order valence-electron chi connectivity index (χ4n) is 2.94. The van der Waals surface area contributed by atoms with Crippen molar-refractivity contribution >= 4 is 11.6 Å². The summed E-state index contributed by atoms with van der Waals surface area (Å²) in [5.74, 6) is 0.215. The van der Waals surface area contributed by atoms with E-state index in [-0.39, 0.29) is 12.6 Å². The molecule has 0 saturated carbocycles. The Kier molecular flexibility index (Phi) is 8.30. The van der Waals surface area contributed by atoms with E-state index in [1.165, 1.54) is 12.8 Å². The first-order valence-electron chi connectivity index (χ1n) is 10.6. The van der Waals surface area contributed by atoms with Gasteiger partial charge in [0.05, 0.1) is 6.61 Å². The number of ether oxygens (including phenoxy) is 2. The summed E-state index contributed by atoms with van der Waals surface area (Å²) in [6.07, 6.45) is 0.598. The third-order valence-corrected chi connectivity index (χ3v) is 4.65. The Labute approximate surface area is 185 Å². The third-order valence-electron chi connectivity index (χ3n) is 4.65. The van der Waals surface area contributed by atoms with Crippen molar-refractivity contribution in [3.05, 3.63) is 71.9 Å². The van der Waals surface area contributed by atoms with Gasteiger partial charge in [-0.15, -0.1) is 0 Å². The summed E-state index contributed by atoms with van der Waals surface area (Å²) in [5, 5.41) is 2.91. The Morgan fingerprint density at radius 2 is 1.66 bits per heavy atom. The lowest BCUT2D eigenvalue weighted by atomic mass is 10.2. The molecule has 32 heavy (non-hydrogen) atoms. The molecular weight excluding hydrogens is 419 g/mol. The Morgan fingerprint density at radius 3 is 2.34 bits per heavy atom. The second kappa shape index (κ2) is 11.4. The van der Waals surface area contributed by atoms with Gasteiger partial charge in [-0.25, -0.2) is 4.98 Å². The van der Waals surface area contributed by atoms with Gasteiger partial charge in [0.1, 0.15) is 17.9 Å². The number of hydrogen-bond acceptors (Lipinski definition) is 5. The van der Waals surface area contributed by atoms with Crippen molar-refractivity contribution in [3.63, 3.8) is 0 Å². The molecule has 0 radical (unpaired) electrons. The van der Waals surface area contributed by atoms with Gasteiger partial charge in [0.15, 0.2) is 0 Å². The zero-order valence-corrected chi connectivity index (χ0v) is 17.9. The van der Waals surface area contributed by atoms with Crippen LogP contribution >= 0.6 is 0 Å². The average Bonchev–Trinajstić information content (AvgIpc) is 2.79. The zero-order chi connectivity index (χ0) is 22.8. The van der Waals surface area contributed by atoms with E-state index in [1.807, 2.05) is 6.07 Å². The molecule has 1 aromatic heterocycles. The molecule has 0 spiro atoms. The summed E-state index contributed by atoms with van der Waals surface area (Å²) in [6.45, 7) is 2.77. The van der Waals surface area contributed by atoms with Crippen molar-refractivity contribution in [2.24, 2.45) is 0 Å². The van der Waals surface area contributed by atoms with Gasteiger partial charge in [-0.05, 0) is 36.2 Å². The minimum atomic E-state index is -4.62. The molecule has 5 nitrogen and oxygen atoms in total. The molecule has 0 atom stereocenters. The fourth-order valence-corrected chi connectivity index (χ4v) is 2.94. The Balaban J connectivity index is 1.65. The van der Waals surface area contributed by atoms with Gasteiger partial charge in [0.25, 0.3) is 0 Å². The van der Waals surface area contributed by atoms with E-state index in [9.17, 15) is 13.2 Å². The van der Waals surface area contributed by atoms with Crippen LogP contribution in [0.4, 0.5) is 24.8 Å². The quantitative estimate of drug-likeness (QED) is 0.330. The molecule has 8 heteroatoms. The second-order valence-corrected chi connectivity index (χ2v) is 7.24. The predicted octanol–water partition coefficient (Wildman–Crippen LogP) is 6.78. The molecule has 1 N–H and O–H groups in total. The van der Waals surface area contributed by atoms with E-state index in [4.69, 9.17) is 9.47 Å². The van der Waals surface area contributed by atoms with Crippen molar-refractivity contribution in [1.29, 1.82) is 0 Å². The van der Waals surface area contributed by atoms with Crippen LogP contribution in [0, 0.1) is 0 Å². The maximum atomic E-state index is 13.4. The highest BCUT2D eigenvalue weighted by atomic mass is 19.4. The number of rotatable bonds is 11. The minimum Gasteiger partial charge on any atom is -0.494 e. The Hall–Kier alpha value is -3.29. The van der Waals surface area contributed by atoms with Gasteiger partial charge in [-0.1, -0.05) is 56.5 Å². The molecule has 3 aromatic rings. The number of aromatic nitrogens is 2. The zero-order valence-electron chi connectivity index (χ0n) is 17.9. The maximum Gasteiger partial charge on any atom is 0.423 e. The van der Waals surface area contributed by atoms with Gasteiger partial charge in [-0.3, -0.25) is 0 Å². The summed E-state index contributed by atoms with van der Waals surface area (Å²) >= 11 is 0. The highest BCUT2D eigenvalue weighted by Crippen LogP contribution is 2.35. The molecule has 170 valence electrons. The van der Waals surface area contributed by atoms with Crippen LogP contribution in [-0.2, 0) is 12.8 Å². The summed E-state index contributed by atoms with van der Waals surface area (Å²) < 4.78 is 51.1. The van der Waals surface area contributed by atoms with E-state index in [2.05, 4.69) is 22.2 Å². The van der Waals surface area contributed by atoms with Crippen molar-refractivity contribution in [1.82, 2.24) is 9.97 Å². The van der Waals surface area contributed by atoms with Crippen LogP contribution in [0.1, 0.15) is 43.7 Å². The standard InChI is InChI=1S/C24H26F3N3O2/c1-2-3-4-8-15-31-20-13-11-19(12-14-20)29-23-28-16-21(24(25,26)27)22(30-23)32-17-18-9-6-5-7-10-18/h5-7,9-14,16H,2-4,8,15,17H2,1H3,(H,28,29,30). The van der Waals surface area contributed by atoms with E-state index in [0.717, 1.165) is 30.4 Å². The monoisotopic (exact) mass is 445 g/mol. The molecule has 0 aliphatic heterocycles. The second-order valence-electron chi connectivity index (χ2n) is 7.24. The molecule has 0 bridgehead atoms. The predicted molar refractivity (Wildman–Crippen MR) is 117 cm³/mol. The number of nitrogens with zero attached hydrogens (tertiary/aromatic N) is 2. The lowest BCUT2D eigenvalue weighted by Gasteiger charge is -2.14. The maximum absolute atomic E-state index is 13.4. The number of nitrogens with one attached hydrogen (secondary N) is 1. The molecule has 0 unspecified atom stereocenters. The van der Waals surface area contributed by atoms with Crippen molar-refractivity contribution in [2.45, 2.75) is 45.4 Å². The van der Waals surface area contributed by atoms with Gasteiger partial charge in [-0.2, -0.15) is 18.2 Å². The summed E-state index contributed by atoms with van der Waals surface area (Å²) in [7, 11) is 0. The van der Waals surface area contributed by atoms with Crippen molar-refractivity contribution < 1.29 is 22.6 Å². The molecule has 0 amide bonds.